The highest BCUT2D eigenvalue weighted by Gasteiger charge is 2.36. The van der Waals surface area contributed by atoms with Gasteiger partial charge in [-0.1, -0.05) is 38.1 Å². The fourth-order valence-electron chi connectivity index (χ4n) is 7.78. The first-order chi connectivity index (χ1) is 30.3. The lowest BCUT2D eigenvalue weighted by atomic mass is 9.88. The number of hydrogen-bond donors (Lipinski definition) is 4. The number of carbonyl (C=O) groups excluding carboxylic acids is 5. The van der Waals surface area contributed by atoms with Crippen molar-refractivity contribution in [2.45, 2.75) is 77.8 Å². The number of fused-ring (bicyclic) bond motifs is 5. The Kier molecular flexibility index (Phi) is 17.2. The summed E-state index contributed by atoms with van der Waals surface area (Å²) in [4.78, 5) is 80.9. The molecule has 0 fully saturated rings. The van der Waals surface area contributed by atoms with E-state index in [-0.39, 0.29) is 82.9 Å². The van der Waals surface area contributed by atoms with Gasteiger partial charge in [0, 0.05) is 92.3 Å². The van der Waals surface area contributed by atoms with E-state index in [4.69, 9.17) is 26.7 Å². The number of nitrogens with two attached hydrogens (primary N) is 3. The summed E-state index contributed by atoms with van der Waals surface area (Å²) in [6.45, 7) is 6.31. The predicted molar refractivity (Wildman–Crippen MR) is 238 cm³/mol. The summed E-state index contributed by atoms with van der Waals surface area (Å²) in [6.07, 6.45) is 4.06. The predicted octanol–water partition coefficient (Wildman–Crippen LogP) is 4.60. The van der Waals surface area contributed by atoms with Crippen LogP contribution in [0.15, 0.2) is 67.0 Å². The molecule has 63 heavy (non-hydrogen) atoms. The second kappa shape index (κ2) is 22.7. The number of ketones is 3. The quantitative estimate of drug-likeness (QED) is 0.100. The van der Waals surface area contributed by atoms with Crippen LogP contribution in [0.3, 0.4) is 0 Å². The molecule has 15 heteroatoms. The Hall–Kier alpha value is -6.34. The van der Waals surface area contributed by atoms with E-state index in [9.17, 15) is 29.2 Å². The minimum absolute atomic E-state index is 0.0286. The molecule has 7 N–H and O–H groups in total. The van der Waals surface area contributed by atoms with Crippen LogP contribution in [0, 0.1) is 30.1 Å². The van der Waals surface area contributed by atoms with Gasteiger partial charge in [-0.2, -0.15) is 5.26 Å². The van der Waals surface area contributed by atoms with Crippen LogP contribution in [0.1, 0.15) is 84.6 Å². The van der Waals surface area contributed by atoms with Crippen LogP contribution in [0.25, 0.3) is 22.5 Å². The molecule has 332 valence electrons. The lowest BCUT2D eigenvalue weighted by molar-refractivity contribution is -0.142. The van der Waals surface area contributed by atoms with E-state index in [1.54, 1.807) is 61.8 Å². The average molecular weight is 859 g/mol. The summed E-state index contributed by atoms with van der Waals surface area (Å²) < 4.78 is 12.2. The highest BCUT2D eigenvalue weighted by Crippen LogP contribution is 2.41. The molecule has 2 amide bonds. The van der Waals surface area contributed by atoms with Crippen molar-refractivity contribution in [3.05, 3.63) is 94.8 Å². The minimum atomic E-state index is -1.22. The van der Waals surface area contributed by atoms with Crippen LogP contribution in [0.5, 0.6) is 11.5 Å². The third kappa shape index (κ3) is 12.0. The largest absolute Gasteiger partial charge is 0.492 e. The molecule has 15 nitrogen and oxygen atoms in total. The Morgan fingerprint density at radius 3 is 2.21 bits per heavy atom. The van der Waals surface area contributed by atoms with Crippen molar-refractivity contribution in [3.8, 4) is 40.1 Å². The number of likely N-dealkylation sites (N-methyl/N-ethyl adjacent to an activating group) is 1. The third-order valence-corrected chi connectivity index (χ3v) is 11.2. The van der Waals surface area contributed by atoms with Gasteiger partial charge < -0.3 is 36.9 Å². The number of nitrogens with zero attached hydrogens (tertiary/aromatic N) is 4. The number of aromatic nitrogens is 2. The number of carbonyl (C=O) groups is 5. The van der Waals surface area contributed by atoms with Gasteiger partial charge in [0.05, 0.1) is 12.1 Å². The molecule has 3 aromatic carbocycles. The van der Waals surface area contributed by atoms with Gasteiger partial charge in [-0.05, 0) is 85.3 Å². The van der Waals surface area contributed by atoms with Gasteiger partial charge >= 0.3 is 0 Å². The third-order valence-electron chi connectivity index (χ3n) is 11.2. The van der Waals surface area contributed by atoms with Gasteiger partial charge in [0.1, 0.15) is 30.8 Å². The number of amides is 2. The molecule has 1 aliphatic rings. The van der Waals surface area contributed by atoms with Crippen LogP contribution in [0.2, 0.25) is 0 Å². The van der Waals surface area contributed by atoms with E-state index in [1.165, 1.54) is 11.9 Å². The Morgan fingerprint density at radius 1 is 0.921 bits per heavy atom. The van der Waals surface area contributed by atoms with Gasteiger partial charge in [-0.3, -0.25) is 24.0 Å². The summed E-state index contributed by atoms with van der Waals surface area (Å²) >= 11 is 0. The topological polar surface area (TPSA) is 247 Å². The molecule has 1 aliphatic heterocycles. The van der Waals surface area contributed by atoms with Crippen LogP contribution in [-0.2, 0) is 32.0 Å². The molecule has 0 saturated carbocycles. The molecule has 1 aromatic heterocycles. The van der Waals surface area contributed by atoms with Crippen LogP contribution < -0.4 is 32.0 Å². The van der Waals surface area contributed by atoms with E-state index in [0.717, 1.165) is 17.5 Å². The van der Waals surface area contributed by atoms with E-state index in [1.807, 2.05) is 32.0 Å². The molecular formula is C48H58N8O7. The first-order valence-corrected chi connectivity index (χ1v) is 21.4. The normalized spacial score (nSPS) is 16.8. The smallest absolute Gasteiger partial charge is 0.226 e. The standard InChI is InChI=1S/C48H58N8O7/c1-5-31-27-53-46(54-28-31)34-9-11-36(29(2)21-34)41(58)26-35(14-16-50)48(61)56(4)45-33-10-13-44(63-20-18-52)38(25-33)37-23-32(8-12-43(37)62-19-17-51)24-39(40(57)7-6-15-49)55-47(60)30(3)22-42(45)59/h8-13,21,23,25,27-28,30,35,39,45H,5-7,14,16-20,22,24,26,50-52H2,1-4H3,(H,55,60)/t30-,35-,39+,45+/m1/s1. The Balaban J connectivity index is 1.57. The summed E-state index contributed by atoms with van der Waals surface area (Å²) in [5.74, 6) is -2.47. The number of Topliss-reactive ketones (excluding diaryl/α,β-unsaturated/α-hetero) is 3. The van der Waals surface area contributed by atoms with Crippen molar-refractivity contribution >= 4 is 29.2 Å². The highest BCUT2D eigenvalue weighted by atomic mass is 16.5. The zero-order chi connectivity index (χ0) is 45.6. The van der Waals surface area contributed by atoms with Crippen LogP contribution in [-0.4, -0.2) is 90.0 Å². The number of rotatable bonds is 18. The molecule has 0 spiro atoms. The molecule has 0 aliphatic carbocycles. The monoisotopic (exact) mass is 858 g/mol. The van der Waals surface area contributed by atoms with E-state index >= 15 is 0 Å². The van der Waals surface area contributed by atoms with Gasteiger partial charge in [0.15, 0.2) is 23.2 Å². The Labute approximate surface area is 368 Å². The van der Waals surface area contributed by atoms with Crippen molar-refractivity contribution in [3.63, 3.8) is 0 Å². The second-order valence-corrected chi connectivity index (χ2v) is 15.9. The first-order valence-electron chi connectivity index (χ1n) is 21.4. The van der Waals surface area contributed by atoms with Crippen molar-refractivity contribution in [1.82, 2.24) is 20.2 Å². The van der Waals surface area contributed by atoms with Crippen LogP contribution >= 0.6 is 0 Å². The SMILES string of the molecule is CCc1cnc(-c2ccc(C(=O)C[C@@H](CCN)C(=O)N(C)[C@@H]3C(=O)C[C@@H](C)C(=O)N[C@H](C(=O)CCC#N)Cc4ccc(OCCN)c(c4)-c4cc3ccc4OCCN)c(C)c2)nc1. The van der Waals surface area contributed by atoms with Crippen molar-refractivity contribution in [1.29, 1.82) is 5.26 Å². The molecule has 5 rings (SSSR count). The maximum Gasteiger partial charge on any atom is 0.226 e. The van der Waals surface area contributed by atoms with Gasteiger partial charge in [0.2, 0.25) is 11.8 Å². The number of hydrogen-bond acceptors (Lipinski definition) is 13. The van der Waals surface area contributed by atoms with Gasteiger partial charge in [0.25, 0.3) is 0 Å². The minimum Gasteiger partial charge on any atom is -0.492 e. The molecule has 4 bridgehead atoms. The van der Waals surface area contributed by atoms with E-state index < -0.39 is 41.5 Å². The molecular weight excluding hydrogens is 801 g/mol. The number of nitrogens with one attached hydrogen (secondary N) is 1. The summed E-state index contributed by atoms with van der Waals surface area (Å²) in [5.41, 5.74) is 22.8. The molecule has 4 aromatic rings. The molecule has 2 heterocycles. The first kappa shape index (κ1) is 47.7. The van der Waals surface area contributed by atoms with Crippen LogP contribution in [0.4, 0.5) is 0 Å². The van der Waals surface area contributed by atoms with Crippen molar-refractivity contribution in [2.75, 3.05) is 39.9 Å². The Bertz CT molecular complexity index is 2330. The fraction of sp³-hybridized carbons (Fsp3) is 0.417. The maximum atomic E-state index is 14.7. The molecule has 0 unspecified atom stereocenters. The molecule has 0 saturated heterocycles. The molecule has 0 radical (unpaired) electrons. The fourth-order valence-corrected chi connectivity index (χ4v) is 7.78. The number of benzene rings is 3. The highest BCUT2D eigenvalue weighted by molar-refractivity contribution is 6.01. The number of nitriles is 1. The Morgan fingerprint density at radius 2 is 1.59 bits per heavy atom. The second-order valence-electron chi connectivity index (χ2n) is 15.9. The van der Waals surface area contributed by atoms with Crippen molar-refractivity contribution in [2.24, 2.45) is 29.0 Å². The zero-order valence-corrected chi connectivity index (χ0v) is 36.5. The van der Waals surface area contributed by atoms with Crippen molar-refractivity contribution < 1.29 is 33.4 Å². The summed E-state index contributed by atoms with van der Waals surface area (Å²) in [6, 6.07) is 15.6. The summed E-state index contributed by atoms with van der Waals surface area (Å²) in [5, 5.41) is 12.1. The number of aryl methyl sites for hydroxylation is 2. The lowest BCUT2D eigenvalue weighted by Gasteiger charge is -2.32. The maximum absolute atomic E-state index is 14.7. The average Bonchev–Trinajstić information content (AvgIpc) is 3.28. The van der Waals surface area contributed by atoms with E-state index in [2.05, 4.69) is 15.3 Å². The zero-order valence-electron chi connectivity index (χ0n) is 36.5. The summed E-state index contributed by atoms with van der Waals surface area (Å²) in [7, 11) is 1.51. The van der Waals surface area contributed by atoms with Gasteiger partial charge in [-0.25, -0.2) is 9.97 Å². The molecule has 4 atom stereocenters. The lowest BCUT2D eigenvalue weighted by Crippen LogP contribution is -2.46. The van der Waals surface area contributed by atoms with E-state index in [0.29, 0.717) is 50.7 Å². The van der Waals surface area contributed by atoms with Gasteiger partial charge in [-0.15, -0.1) is 0 Å². The number of ether oxygens (including phenoxy) is 2.